The van der Waals surface area contributed by atoms with E-state index in [9.17, 15) is 4.79 Å². The van der Waals surface area contributed by atoms with Gasteiger partial charge < -0.3 is 20.1 Å². The van der Waals surface area contributed by atoms with E-state index in [0.29, 0.717) is 25.0 Å². The highest BCUT2D eigenvalue weighted by atomic mass is 35.5. The number of aliphatic hydroxyl groups is 1. The fraction of sp³-hybridized carbons (Fsp3) is 0.475. The van der Waals surface area contributed by atoms with Crippen molar-refractivity contribution >= 4 is 50.5 Å². The molecule has 0 amide bonds. The van der Waals surface area contributed by atoms with Gasteiger partial charge in [-0.15, -0.1) is 11.3 Å². The molecule has 0 bridgehead atoms. The Morgan fingerprint density at radius 1 is 1.06 bits per heavy atom. The van der Waals surface area contributed by atoms with Crippen LogP contribution < -0.4 is 5.32 Å². The van der Waals surface area contributed by atoms with Crippen LogP contribution in [0.2, 0.25) is 5.02 Å². The fourth-order valence-corrected chi connectivity index (χ4v) is 8.00. The molecule has 2 N–H and O–H groups in total. The van der Waals surface area contributed by atoms with Gasteiger partial charge in [0.15, 0.2) is 0 Å². The van der Waals surface area contributed by atoms with Crippen LogP contribution in [0.1, 0.15) is 76.6 Å². The largest absolute Gasteiger partial charge is 0.468 e. The number of benzene rings is 3. The topological polar surface area (TPSA) is 92.5 Å². The number of aromatic nitrogens is 3. The first-order valence-corrected chi connectivity index (χ1v) is 19.0. The minimum Gasteiger partial charge on any atom is -0.468 e. The molecule has 10 heteroatoms. The molecule has 0 spiro atoms. The maximum atomic E-state index is 9.18. The number of nitrogens with zero attached hydrogens (tertiary/aromatic N) is 4. The Labute approximate surface area is 305 Å². The zero-order valence-corrected chi connectivity index (χ0v) is 32.1. The third kappa shape index (κ3) is 9.30. The third-order valence-electron chi connectivity index (χ3n) is 9.24. The highest BCUT2D eigenvalue weighted by Crippen LogP contribution is 2.42. The molecule has 50 heavy (non-hydrogen) atoms. The van der Waals surface area contributed by atoms with Crippen molar-refractivity contribution in [3.05, 3.63) is 70.4 Å². The summed E-state index contributed by atoms with van der Waals surface area (Å²) in [6.07, 6.45) is 4.65. The van der Waals surface area contributed by atoms with E-state index in [1.54, 1.807) is 39.0 Å². The number of ether oxygens (including phenoxy) is 1. The molecule has 268 valence electrons. The Hall–Kier alpha value is -3.34. The molecule has 0 saturated carbocycles. The number of nitrogens with one attached hydrogen (secondary N) is 1. The minimum absolute atomic E-state index is 0.431. The van der Waals surface area contributed by atoms with Gasteiger partial charge in [0.25, 0.3) is 6.47 Å². The normalized spacial score (nSPS) is 16.7. The number of carbonyl (C=O) groups excluding carboxylic acids is 1. The summed E-state index contributed by atoms with van der Waals surface area (Å²) in [7, 11) is 2.08. The van der Waals surface area contributed by atoms with Gasteiger partial charge in [-0.2, -0.15) is 5.10 Å². The van der Waals surface area contributed by atoms with E-state index in [1.807, 2.05) is 12.1 Å². The van der Waals surface area contributed by atoms with Crippen LogP contribution >= 0.6 is 22.9 Å². The number of thiazole rings is 1. The minimum atomic E-state index is -0.500. The van der Waals surface area contributed by atoms with E-state index in [0.717, 1.165) is 35.1 Å². The first-order chi connectivity index (χ1) is 23.9. The van der Waals surface area contributed by atoms with Crippen molar-refractivity contribution in [2.75, 3.05) is 32.8 Å². The number of hydrogen-bond acceptors (Lipinski definition) is 8. The first-order valence-electron chi connectivity index (χ1n) is 17.8. The summed E-state index contributed by atoms with van der Waals surface area (Å²) < 4.78 is 7.46. The number of carbonyl (C=O) groups is 1. The van der Waals surface area contributed by atoms with Gasteiger partial charge in [-0.25, -0.2) is 4.98 Å². The zero-order chi connectivity index (χ0) is 36.0. The van der Waals surface area contributed by atoms with Crippen molar-refractivity contribution < 1.29 is 14.6 Å². The standard InChI is InChI=1S/C33H36ClN5S.C4H10O.C3H6O2/c1-4-26-20(2)17-28-32(30(26)21-5-8-24(34)9-6-21)40-33(36-28)23-7-10-29-27(18-23)31(37-38(29)3)22-12-15-39(16-13-22)19-25-11-14-35-25;1-4(2,3)5;1-2-5-3-4/h5-10,17-18,22,25,35H,4,11-16,19H2,1-3H3;5H,1-3H3;3H,2H2,1H3/t25-;;/m1../s1. The summed E-state index contributed by atoms with van der Waals surface area (Å²) in [6.45, 7) is 17.0. The SMILES string of the molecule is CC(C)(C)O.CCOC=O.CCc1c(C)cc2nc(-c3ccc4c(c3)c(C3CCN(C[C@H]5CCN5)CC3)nn4C)sc2c1-c1ccc(Cl)cc1. The van der Waals surface area contributed by atoms with Gasteiger partial charge >= 0.3 is 0 Å². The monoisotopic (exact) mass is 717 g/mol. The first kappa shape index (κ1) is 37.9. The molecule has 4 heterocycles. The molecule has 0 radical (unpaired) electrons. The fourth-order valence-electron chi connectivity index (χ4n) is 6.74. The second-order valence-electron chi connectivity index (χ2n) is 14.3. The van der Waals surface area contributed by atoms with Crippen LogP contribution in [0.4, 0.5) is 0 Å². The molecule has 2 fully saturated rings. The number of piperidine rings is 1. The average Bonchev–Trinajstić information content (AvgIpc) is 3.63. The summed E-state index contributed by atoms with van der Waals surface area (Å²) in [5.74, 6) is 0.506. The number of rotatable bonds is 8. The van der Waals surface area contributed by atoms with E-state index < -0.39 is 5.60 Å². The number of likely N-dealkylation sites (tertiary alicyclic amines) is 1. The van der Waals surface area contributed by atoms with Gasteiger partial charge in [0.05, 0.1) is 33.6 Å². The molecule has 2 aliphatic heterocycles. The van der Waals surface area contributed by atoms with Gasteiger partial charge in [-0.05, 0) is 133 Å². The van der Waals surface area contributed by atoms with E-state index >= 15 is 0 Å². The molecular formula is C40H52ClN5O3S. The lowest BCUT2D eigenvalue weighted by Crippen LogP contribution is -2.51. The summed E-state index contributed by atoms with van der Waals surface area (Å²) in [4.78, 5) is 17.0. The average molecular weight is 718 g/mol. The van der Waals surface area contributed by atoms with Crippen LogP contribution in [-0.2, 0) is 23.0 Å². The van der Waals surface area contributed by atoms with E-state index in [4.69, 9.17) is 26.8 Å². The van der Waals surface area contributed by atoms with Gasteiger partial charge in [0, 0.05) is 47.1 Å². The second kappa shape index (κ2) is 16.8. The van der Waals surface area contributed by atoms with Crippen LogP contribution in [0, 0.1) is 6.92 Å². The molecule has 5 aromatic rings. The van der Waals surface area contributed by atoms with E-state index in [-0.39, 0.29) is 0 Å². The Morgan fingerprint density at radius 3 is 2.28 bits per heavy atom. The predicted molar refractivity (Wildman–Crippen MR) is 208 cm³/mol. The molecule has 1 atom stereocenters. The molecule has 8 nitrogen and oxygen atoms in total. The molecule has 2 aliphatic rings. The highest BCUT2D eigenvalue weighted by molar-refractivity contribution is 7.22. The third-order valence-corrected chi connectivity index (χ3v) is 10.6. The number of fused-ring (bicyclic) bond motifs is 2. The Balaban J connectivity index is 0.000000430. The van der Waals surface area contributed by atoms with Crippen LogP contribution in [0.3, 0.4) is 0 Å². The number of hydrogen-bond donors (Lipinski definition) is 2. The molecular weight excluding hydrogens is 666 g/mol. The Kier molecular flexibility index (Phi) is 12.7. The quantitative estimate of drug-likeness (QED) is 0.156. The second-order valence-corrected chi connectivity index (χ2v) is 15.7. The lowest BCUT2D eigenvalue weighted by Gasteiger charge is -2.37. The maximum absolute atomic E-state index is 9.18. The lowest BCUT2D eigenvalue weighted by atomic mass is 9.90. The molecule has 2 saturated heterocycles. The molecule has 2 aromatic heterocycles. The van der Waals surface area contributed by atoms with Gasteiger partial charge in [0.1, 0.15) is 5.01 Å². The van der Waals surface area contributed by atoms with Crippen molar-refractivity contribution in [2.45, 2.75) is 84.8 Å². The van der Waals surface area contributed by atoms with E-state index in [2.05, 4.69) is 76.9 Å². The van der Waals surface area contributed by atoms with Gasteiger partial charge in [0.2, 0.25) is 0 Å². The molecule has 3 aromatic carbocycles. The smallest absolute Gasteiger partial charge is 0.293 e. The van der Waals surface area contributed by atoms with Gasteiger partial charge in [-0.3, -0.25) is 9.48 Å². The number of aryl methyl sites for hydroxylation is 2. The summed E-state index contributed by atoms with van der Waals surface area (Å²) in [5, 5.41) is 20.2. The van der Waals surface area contributed by atoms with Gasteiger partial charge in [-0.1, -0.05) is 30.7 Å². The predicted octanol–water partition coefficient (Wildman–Crippen LogP) is 8.54. The van der Waals surface area contributed by atoms with Crippen molar-refractivity contribution in [3.8, 4) is 21.7 Å². The van der Waals surface area contributed by atoms with Crippen LogP contribution in [0.5, 0.6) is 0 Å². The molecule has 0 unspecified atom stereocenters. The van der Waals surface area contributed by atoms with Crippen molar-refractivity contribution in [3.63, 3.8) is 0 Å². The highest BCUT2D eigenvalue weighted by Gasteiger charge is 2.28. The lowest BCUT2D eigenvalue weighted by molar-refractivity contribution is -0.128. The van der Waals surface area contributed by atoms with Crippen molar-refractivity contribution in [1.82, 2.24) is 25.0 Å². The van der Waals surface area contributed by atoms with Crippen molar-refractivity contribution in [2.24, 2.45) is 7.05 Å². The summed E-state index contributed by atoms with van der Waals surface area (Å²) >= 11 is 8.04. The summed E-state index contributed by atoms with van der Waals surface area (Å²) in [5.41, 5.74) is 9.38. The summed E-state index contributed by atoms with van der Waals surface area (Å²) in [6, 6.07) is 18.0. The van der Waals surface area contributed by atoms with Crippen LogP contribution in [0.25, 0.3) is 42.8 Å². The van der Waals surface area contributed by atoms with Crippen LogP contribution in [-0.4, -0.2) is 75.7 Å². The maximum Gasteiger partial charge on any atom is 0.293 e. The Morgan fingerprint density at radius 2 is 1.72 bits per heavy atom. The van der Waals surface area contributed by atoms with Crippen molar-refractivity contribution in [1.29, 1.82) is 0 Å². The molecule has 0 aliphatic carbocycles. The van der Waals surface area contributed by atoms with Crippen LogP contribution in [0.15, 0.2) is 48.5 Å². The zero-order valence-electron chi connectivity index (χ0n) is 30.6. The Bertz CT molecular complexity index is 1880. The molecule has 7 rings (SSSR count). The number of halogens is 1. The van der Waals surface area contributed by atoms with E-state index in [1.165, 1.54) is 81.5 Å².